The van der Waals surface area contributed by atoms with Gasteiger partial charge in [-0.05, 0) is 18.1 Å². The standard InChI is InChI=1S/C22H21BO.C2H6/c1-2-24-16-20-18-12-6-8-14-21(18)23(17-10-4-3-5-11-17)22-15-9-7-13-19(20)22;1-2/h3-15,20H,2,16H2,1H3;1-2H3. The fourth-order valence-electron chi connectivity index (χ4n) is 3.94. The van der Waals surface area contributed by atoms with Crippen molar-refractivity contribution in [1.29, 1.82) is 0 Å². The van der Waals surface area contributed by atoms with Gasteiger partial charge in [-0.3, -0.25) is 0 Å². The molecule has 0 radical (unpaired) electrons. The van der Waals surface area contributed by atoms with Gasteiger partial charge in [-0.2, -0.15) is 0 Å². The Morgan fingerprint density at radius 2 is 1.23 bits per heavy atom. The molecule has 3 aromatic carbocycles. The number of hydrogen-bond donors (Lipinski definition) is 0. The van der Waals surface area contributed by atoms with E-state index in [2.05, 4.69) is 85.8 Å². The Labute approximate surface area is 158 Å². The van der Waals surface area contributed by atoms with Gasteiger partial charge in [0.05, 0.1) is 6.61 Å². The highest BCUT2D eigenvalue weighted by molar-refractivity contribution is 6.96. The molecule has 26 heavy (non-hydrogen) atoms. The Kier molecular flexibility index (Phi) is 6.30. The predicted molar refractivity (Wildman–Crippen MR) is 114 cm³/mol. The molecule has 0 saturated heterocycles. The number of ether oxygens (including phenoxy) is 1. The third-order valence-corrected chi connectivity index (χ3v) is 4.99. The molecule has 132 valence electrons. The van der Waals surface area contributed by atoms with Crippen LogP contribution in [-0.2, 0) is 4.74 Å². The van der Waals surface area contributed by atoms with Crippen LogP contribution in [0.15, 0.2) is 78.9 Å². The smallest absolute Gasteiger partial charge is 0.241 e. The van der Waals surface area contributed by atoms with Crippen molar-refractivity contribution < 1.29 is 4.74 Å². The summed E-state index contributed by atoms with van der Waals surface area (Å²) < 4.78 is 5.83. The van der Waals surface area contributed by atoms with Crippen molar-refractivity contribution in [3.63, 3.8) is 0 Å². The van der Waals surface area contributed by atoms with Crippen LogP contribution in [0, 0.1) is 0 Å². The highest BCUT2D eigenvalue weighted by Crippen LogP contribution is 2.27. The lowest BCUT2D eigenvalue weighted by atomic mass is 9.33. The van der Waals surface area contributed by atoms with Gasteiger partial charge in [0.25, 0.3) is 0 Å². The molecule has 0 amide bonds. The normalized spacial score (nSPS) is 12.7. The van der Waals surface area contributed by atoms with Gasteiger partial charge >= 0.3 is 0 Å². The van der Waals surface area contributed by atoms with E-state index in [-0.39, 0.29) is 0 Å². The van der Waals surface area contributed by atoms with Crippen LogP contribution in [0.4, 0.5) is 0 Å². The van der Waals surface area contributed by atoms with E-state index < -0.39 is 0 Å². The quantitative estimate of drug-likeness (QED) is 0.657. The van der Waals surface area contributed by atoms with E-state index in [0.29, 0.717) is 12.6 Å². The van der Waals surface area contributed by atoms with Gasteiger partial charge in [0, 0.05) is 12.5 Å². The summed E-state index contributed by atoms with van der Waals surface area (Å²) in [4.78, 5) is 0. The summed E-state index contributed by atoms with van der Waals surface area (Å²) in [5.41, 5.74) is 6.98. The Morgan fingerprint density at radius 3 is 1.77 bits per heavy atom. The zero-order valence-electron chi connectivity index (χ0n) is 16.0. The molecular formula is C24H27BO. The van der Waals surface area contributed by atoms with E-state index in [4.69, 9.17) is 4.74 Å². The summed E-state index contributed by atoms with van der Waals surface area (Å²) >= 11 is 0. The molecule has 1 heterocycles. The zero-order chi connectivity index (χ0) is 18.4. The minimum atomic E-state index is 0.302. The van der Waals surface area contributed by atoms with Crippen LogP contribution in [0.1, 0.15) is 37.8 Å². The monoisotopic (exact) mass is 342 g/mol. The summed E-state index contributed by atoms with van der Waals surface area (Å²) in [7, 11) is 0. The lowest BCUT2D eigenvalue weighted by Crippen LogP contribution is -2.58. The molecule has 0 N–H and O–H groups in total. The molecule has 0 unspecified atom stereocenters. The largest absolute Gasteiger partial charge is 0.381 e. The maximum Gasteiger partial charge on any atom is 0.241 e. The fraction of sp³-hybridized carbons (Fsp3) is 0.250. The zero-order valence-corrected chi connectivity index (χ0v) is 16.0. The second-order valence-corrected chi connectivity index (χ2v) is 6.31. The molecule has 4 rings (SSSR count). The highest BCUT2D eigenvalue weighted by atomic mass is 16.5. The van der Waals surface area contributed by atoms with Gasteiger partial charge < -0.3 is 4.74 Å². The van der Waals surface area contributed by atoms with Gasteiger partial charge in [-0.15, -0.1) is 0 Å². The van der Waals surface area contributed by atoms with Crippen LogP contribution >= 0.6 is 0 Å². The Morgan fingerprint density at radius 1 is 0.731 bits per heavy atom. The van der Waals surface area contributed by atoms with Gasteiger partial charge in [-0.25, -0.2) is 0 Å². The minimum Gasteiger partial charge on any atom is -0.381 e. The molecular weight excluding hydrogens is 315 g/mol. The van der Waals surface area contributed by atoms with Crippen LogP contribution in [0.5, 0.6) is 0 Å². The Hall–Kier alpha value is -2.32. The third kappa shape index (κ3) is 3.47. The molecule has 2 heteroatoms. The molecule has 0 aromatic heterocycles. The average molecular weight is 342 g/mol. The average Bonchev–Trinajstić information content (AvgIpc) is 2.73. The van der Waals surface area contributed by atoms with Crippen molar-refractivity contribution in [3.05, 3.63) is 90.0 Å². The summed E-state index contributed by atoms with van der Waals surface area (Å²) in [6.07, 6.45) is 0. The topological polar surface area (TPSA) is 9.23 Å². The Bertz CT molecular complexity index is 781. The van der Waals surface area contributed by atoms with Gasteiger partial charge in [0.1, 0.15) is 0 Å². The molecule has 0 spiro atoms. The lowest BCUT2D eigenvalue weighted by Gasteiger charge is -2.33. The van der Waals surface area contributed by atoms with Crippen LogP contribution in [0.3, 0.4) is 0 Å². The molecule has 1 aliphatic heterocycles. The van der Waals surface area contributed by atoms with Crippen LogP contribution in [0.25, 0.3) is 0 Å². The minimum absolute atomic E-state index is 0.302. The van der Waals surface area contributed by atoms with Gasteiger partial charge in [-0.1, -0.05) is 109 Å². The van der Waals surface area contributed by atoms with Gasteiger partial charge in [0.15, 0.2) is 0 Å². The molecule has 0 saturated carbocycles. The first kappa shape index (κ1) is 18.5. The van der Waals surface area contributed by atoms with E-state index in [1.165, 1.54) is 27.5 Å². The second-order valence-electron chi connectivity index (χ2n) is 6.31. The summed E-state index contributed by atoms with van der Waals surface area (Å²) in [5, 5.41) is 0. The molecule has 0 fully saturated rings. The second kappa shape index (κ2) is 8.87. The number of rotatable bonds is 4. The lowest BCUT2D eigenvalue weighted by molar-refractivity contribution is 0.140. The first-order valence-corrected chi connectivity index (χ1v) is 9.70. The number of benzene rings is 3. The molecule has 0 aliphatic carbocycles. The first-order chi connectivity index (χ1) is 12.9. The van der Waals surface area contributed by atoms with Crippen molar-refractivity contribution in [2.75, 3.05) is 13.2 Å². The van der Waals surface area contributed by atoms with E-state index in [1.807, 2.05) is 13.8 Å². The molecule has 1 nitrogen and oxygen atoms in total. The van der Waals surface area contributed by atoms with Crippen LogP contribution in [-0.4, -0.2) is 19.9 Å². The molecule has 0 atom stereocenters. The maximum absolute atomic E-state index is 5.83. The third-order valence-electron chi connectivity index (χ3n) is 4.99. The summed E-state index contributed by atoms with van der Waals surface area (Å²) in [5.74, 6) is 0.317. The first-order valence-electron chi connectivity index (χ1n) is 9.70. The van der Waals surface area contributed by atoms with Crippen molar-refractivity contribution in [3.8, 4) is 0 Å². The Balaban J connectivity index is 0.000000948. The van der Waals surface area contributed by atoms with Crippen molar-refractivity contribution >= 4 is 23.1 Å². The summed E-state index contributed by atoms with van der Waals surface area (Å²) in [6.45, 7) is 7.86. The number of hydrogen-bond acceptors (Lipinski definition) is 1. The SMILES string of the molecule is CC.CCOCC1c2ccccc2B(c2ccccc2)c2ccccc21. The van der Waals surface area contributed by atoms with Crippen LogP contribution < -0.4 is 16.4 Å². The van der Waals surface area contributed by atoms with Crippen molar-refractivity contribution in [2.24, 2.45) is 0 Å². The molecule has 1 aliphatic rings. The van der Waals surface area contributed by atoms with E-state index in [1.54, 1.807) is 0 Å². The van der Waals surface area contributed by atoms with E-state index in [9.17, 15) is 0 Å². The number of fused-ring (bicyclic) bond motifs is 2. The fourth-order valence-corrected chi connectivity index (χ4v) is 3.94. The highest BCUT2D eigenvalue weighted by Gasteiger charge is 2.34. The van der Waals surface area contributed by atoms with E-state index >= 15 is 0 Å². The van der Waals surface area contributed by atoms with Crippen LogP contribution in [0.2, 0.25) is 0 Å². The van der Waals surface area contributed by atoms with E-state index in [0.717, 1.165) is 13.2 Å². The maximum atomic E-state index is 5.83. The van der Waals surface area contributed by atoms with Crippen molar-refractivity contribution in [1.82, 2.24) is 0 Å². The predicted octanol–water partition coefficient (Wildman–Crippen LogP) is 3.71. The van der Waals surface area contributed by atoms with Gasteiger partial charge in [0.2, 0.25) is 6.71 Å². The molecule has 0 bridgehead atoms. The summed E-state index contributed by atoms with van der Waals surface area (Å²) in [6, 6.07) is 28.5. The molecule has 3 aromatic rings. The van der Waals surface area contributed by atoms with Crippen molar-refractivity contribution in [2.45, 2.75) is 26.7 Å².